The van der Waals surface area contributed by atoms with Crippen molar-refractivity contribution < 1.29 is 9.53 Å². The average molecular weight is 458 g/mol. The number of hydrogen-bond donors (Lipinski definition) is 0. The van der Waals surface area contributed by atoms with Gasteiger partial charge >= 0.3 is 0 Å². The average Bonchev–Trinajstić information content (AvgIpc) is 3.47. The van der Waals surface area contributed by atoms with Crippen molar-refractivity contribution in [3.63, 3.8) is 0 Å². The molecule has 1 aliphatic rings. The zero-order valence-corrected chi connectivity index (χ0v) is 19.8. The highest BCUT2D eigenvalue weighted by atomic mass is 32.2. The van der Waals surface area contributed by atoms with Crippen LogP contribution in [0.25, 0.3) is 22.0 Å². The van der Waals surface area contributed by atoms with E-state index in [0.29, 0.717) is 5.75 Å². The molecule has 1 aliphatic heterocycles. The fourth-order valence-corrected chi connectivity index (χ4v) is 5.42. The van der Waals surface area contributed by atoms with Crippen molar-refractivity contribution in [2.75, 3.05) is 12.4 Å². The fourth-order valence-electron chi connectivity index (χ4n) is 4.56. The second-order valence-electron chi connectivity index (χ2n) is 8.51. The molecule has 0 N–H and O–H groups in total. The largest absolute Gasteiger partial charge is 0.376 e. The van der Waals surface area contributed by atoms with Gasteiger partial charge in [-0.05, 0) is 32.8 Å². The van der Waals surface area contributed by atoms with Crippen molar-refractivity contribution in [1.29, 1.82) is 0 Å². The van der Waals surface area contributed by atoms with Gasteiger partial charge < -0.3 is 9.30 Å². The Labute approximate surface area is 198 Å². The molecule has 5 rings (SSSR count). The number of carbonyl (C=O) groups excluding carboxylic acids is 1. The normalized spacial score (nSPS) is 15.9. The third-order valence-electron chi connectivity index (χ3n) is 6.32. The summed E-state index contributed by atoms with van der Waals surface area (Å²) in [5, 5.41) is 11.9. The molecular formula is C27H27N3O2S. The lowest BCUT2D eigenvalue weighted by Crippen LogP contribution is -2.17. The molecule has 0 radical (unpaired) electrons. The van der Waals surface area contributed by atoms with Gasteiger partial charge in [0.05, 0.1) is 11.9 Å². The van der Waals surface area contributed by atoms with Gasteiger partial charge in [0.1, 0.15) is 10.7 Å². The summed E-state index contributed by atoms with van der Waals surface area (Å²) in [6.07, 6.45) is 2.45. The van der Waals surface area contributed by atoms with Crippen molar-refractivity contribution in [1.82, 2.24) is 14.8 Å². The van der Waals surface area contributed by atoms with E-state index in [1.807, 2.05) is 55.5 Å². The van der Waals surface area contributed by atoms with Crippen molar-refractivity contribution in [3.05, 3.63) is 77.6 Å². The summed E-state index contributed by atoms with van der Waals surface area (Å²) in [6.45, 7) is 5.75. The third kappa shape index (κ3) is 4.45. The zero-order valence-electron chi connectivity index (χ0n) is 19.0. The van der Waals surface area contributed by atoms with E-state index in [2.05, 4.69) is 33.8 Å². The SMILES string of the molecule is Cc1cc(C(=O)CSc2nnc(-c3ccccc3)c3ccccc23)c(C)n1CC1CCCO1. The first-order chi connectivity index (χ1) is 16.1. The van der Waals surface area contributed by atoms with Gasteiger partial charge in [0.2, 0.25) is 0 Å². The number of aryl methyl sites for hydroxylation is 1. The number of Topliss-reactive ketones (excluding diaryl/α,β-unsaturated/α-hetero) is 1. The van der Waals surface area contributed by atoms with E-state index in [1.54, 1.807) is 0 Å². The molecule has 0 bridgehead atoms. The highest BCUT2D eigenvalue weighted by Crippen LogP contribution is 2.32. The maximum atomic E-state index is 13.2. The van der Waals surface area contributed by atoms with Gasteiger partial charge in [-0.3, -0.25) is 4.79 Å². The predicted molar refractivity (Wildman–Crippen MR) is 133 cm³/mol. The Bertz CT molecular complexity index is 1290. The molecule has 0 aliphatic carbocycles. The van der Waals surface area contributed by atoms with Gasteiger partial charge in [-0.15, -0.1) is 10.2 Å². The van der Waals surface area contributed by atoms with E-state index < -0.39 is 0 Å². The minimum atomic E-state index is 0.115. The van der Waals surface area contributed by atoms with Gasteiger partial charge in [-0.1, -0.05) is 66.4 Å². The Morgan fingerprint density at radius 3 is 2.58 bits per heavy atom. The molecule has 0 amide bonds. The van der Waals surface area contributed by atoms with Crippen LogP contribution in [0.4, 0.5) is 0 Å². The molecule has 1 saturated heterocycles. The number of carbonyl (C=O) groups is 1. The molecule has 2 aromatic heterocycles. The molecule has 1 fully saturated rings. The molecule has 6 heteroatoms. The Morgan fingerprint density at radius 2 is 1.82 bits per heavy atom. The first-order valence-electron chi connectivity index (χ1n) is 11.4. The van der Waals surface area contributed by atoms with Gasteiger partial charge in [0, 0.05) is 46.4 Å². The lowest BCUT2D eigenvalue weighted by molar-refractivity contribution is 0.0957. The second-order valence-corrected chi connectivity index (χ2v) is 9.47. The van der Waals surface area contributed by atoms with E-state index in [0.717, 1.165) is 70.0 Å². The van der Waals surface area contributed by atoms with E-state index in [4.69, 9.17) is 4.74 Å². The third-order valence-corrected chi connectivity index (χ3v) is 7.31. The highest BCUT2D eigenvalue weighted by Gasteiger charge is 2.21. The zero-order chi connectivity index (χ0) is 22.8. The first-order valence-corrected chi connectivity index (χ1v) is 12.4. The summed E-state index contributed by atoms with van der Waals surface area (Å²) in [6, 6.07) is 20.2. The van der Waals surface area contributed by atoms with Crippen LogP contribution in [-0.4, -0.2) is 39.0 Å². The predicted octanol–water partition coefficient (Wildman–Crippen LogP) is 5.87. The van der Waals surface area contributed by atoms with Crippen LogP contribution in [0.15, 0.2) is 65.7 Å². The molecule has 168 valence electrons. The summed E-state index contributed by atoms with van der Waals surface area (Å²) in [5.41, 5.74) is 4.81. The minimum Gasteiger partial charge on any atom is -0.376 e. The first kappa shape index (κ1) is 21.9. The van der Waals surface area contributed by atoms with Crippen molar-refractivity contribution in [2.45, 2.75) is 44.4 Å². The van der Waals surface area contributed by atoms with Gasteiger partial charge in [-0.2, -0.15) is 0 Å². The van der Waals surface area contributed by atoms with Gasteiger partial charge in [0.15, 0.2) is 5.78 Å². The minimum absolute atomic E-state index is 0.115. The quantitative estimate of drug-likeness (QED) is 0.257. The molecule has 0 saturated carbocycles. The van der Waals surface area contributed by atoms with Crippen molar-refractivity contribution in [2.24, 2.45) is 0 Å². The van der Waals surface area contributed by atoms with Crippen LogP contribution >= 0.6 is 11.8 Å². The molecule has 4 aromatic rings. The number of nitrogens with zero attached hydrogens (tertiary/aromatic N) is 3. The molecule has 1 unspecified atom stereocenters. The Kier molecular flexibility index (Phi) is 6.29. The molecular weight excluding hydrogens is 430 g/mol. The van der Waals surface area contributed by atoms with E-state index in [9.17, 15) is 4.79 Å². The highest BCUT2D eigenvalue weighted by molar-refractivity contribution is 8.00. The number of hydrogen-bond acceptors (Lipinski definition) is 5. The van der Waals surface area contributed by atoms with Crippen LogP contribution in [-0.2, 0) is 11.3 Å². The molecule has 33 heavy (non-hydrogen) atoms. The number of benzene rings is 2. The van der Waals surface area contributed by atoms with E-state index in [1.165, 1.54) is 11.8 Å². The Morgan fingerprint density at radius 1 is 1.06 bits per heavy atom. The second kappa shape index (κ2) is 9.49. The van der Waals surface area contributed by atoms with Gasteiger partial charge in [-0.25, -0.2) is 0 Å². The number of thioether (sulfide) groups is 1. The van der Waals surface area contributed by atoms with Gasteiger partial charge in [0.25, 0.3) is 0 Å². The molecule has 0 spiro atoms. The lowest BCUT2D eigenvalue weighted by Gasteiger charge is -2.14. The van der Waals surface area contributed by atoms with Crippen LogP contribution in [0.3, 0.4) is 0 Å². The topological polar surface area (TPSA) is 57.0 Å². The summed E-state index contributed by atoms with van der Waals surface area (Å²) >= 11 is 1.46. The maximum Gasteiger partial charge on any atom is 0.174 e. The fraction of sp³-hybridized carbons (Fsp3) is 0.296. The molecule has 2 aromatic carbocycles. The van der Waals surface area contributed by atoms with Crippen molar-refractivity contribution in [3.8, 4) is 11.3 Å². The standard InChI is InChI=1S/C27H27N3O2S/c1-18-15-24(19(2)30(18)16-21-11-8-14-32-21)25(31)17-33-27-23-13-7-6-12-22(23)26(28-29-27)20-9-4-3-5-10-20/h3-7,9-10,12-13,15,21H,8,11,14,16-17H2,1-2H3. The number of fused-ring (bicyclic) bond motifs is 1. The molecule has 3 heterocycles. The molecule has 1 atom stereocenters. The number of ketones is 1. The van der Waals surface area contributed by atoms with Crippen LogP contribution in [0.5, 0.6) is 0 Å². The van der Waals surface area contributed by atoms with Crippen LogP contribution in [0, 0.1) is 13.8 Å². The van der Waals surface area contributed by atoms with Crippen LogP contribution in [0.1, 0.15) is 34.6 Å². The number of rotatable bonds is 7. The Hall–Kier alpha value is -2.96. The van der Waals surface area contributed by atoms with E-state index in [-0.39, 0.29) is 11.9 Å². The van der Waals surface area contributed by atoms with Crippen LogP contribution < -0.4 is 0 Å². The lowest BCUT2D eigenvalue weighted by atomic mass is 10.1. The summed E-state index contributed by atoms with van der Waals surface area (Å²) in [4.78, 5) is 13.2. The Balaban J connectivity index is 1.37. The van der Waals surface area contributed by atoms with Crippen LogP contribution in [0.2, 0.25) is 0 Å². The van der Waals surface area contributed by atoms with Crippen molar-refractivity contribution >= 4 is 28.3 Å². The number of ether oxygens (including phenoxy) is 1. The maximum absolute atomic E-state index is 13.2. The summed E-state index contributed by atoms with van der Waals surface area (Å²) in [7, 11) is 0. The monoisotopic (exact) mass is 457 g/mol. The summed E-state index contributed by atoms with van der Waals surface area (Å²) in [5.74, 6) is 0.442. The molecule has 5 nitrogen and oxygen atoms in total. The van der Waals surface area contributed by atoms with E-state index >= 15 is 0 Å². The number of aromatic nitrogens is 3. The smallest absolute Gasteiger partial charge is 0.174 e. The summed E-state index contributed by atoms with van der Waals surface area (Å²) < 4.78 is 8.02.